The topological polar surface area (TPSA) is 15.3 Å². The molecule has 1 N–H and O–H groups in total. The highest BCUT2D eigenvalue weighted by Gasteiger charge is 2.23. The van der Waals surface area contributed by atoms with Crippen molar-refractivity contribution in [1.82, 2.24) is 10.2 Å². The van der Waals surface area contributed by atoms with E-state index in [0.717, 1.165) is 11.8 Å². The van der Waals surface area contributed by atoms with E-state index in [9.17, 15) is 0 Å². The van der Waals surface area contributed by atoms with Crippen molar-refractivity contribution in [2.75, 3.05) is 26.2 Å². The zero-order valence-electron chi connectivity index (χ0n) is 12.2. The van der Waals surface area contributed by atoms with Gasteiger partial charge in [0.2, 0.25) is 0 Å². The van der Waals surface area contributed by atoms with Crippen molar-refractivity contribution in [1.29, 1.82) is 0 Å². The zero-order valence-corrected chi connectivity index (χ0v) is 12.2. The molecule has 1 saturated heterocycles. The predicted molar refractivity (Wildman–Crippen MR) is 78.8 cm³/mol. The Morgan fingerprint density at radius 1 is 1.39 bits per heavy atom. The normalized spacial score (nSPS) is 32.1. The molecule has 2 rings (SSSR count). The fourth-order valence-corrected chi connectivity index (χ4v) is 3.24. The summed E-state index contributed by atoms with van der Waals surface area (Å²) in [6.07, 6.45) is 11.3. The van der Waals surface area contributed by atoms with Crippen LogP contribution in [0.2, 0.25) is 0 Å². The average Bonchev–Trinajstić information content (AvgIpc) is 2.65. The van der Waals surface area contributed by atoms with Crippen molar-refractivity contribution in [3.63, 3.8) is 0 Å². The summed E-state index contributed by atoms with van der Waals surface area (Å²) >= 11 is 0. The van der Waals surface area contributed by atoms with Crippen LogP contribution < -0.4 is 5.32 Å². The number of allylic oxidation sites excluding steroid dienone is 2. The lowest BCUT2D eigenvalue weighted by atomic mass is 9.93. The van der Waals surface area contributed by atoms with E-state index in [1.807, 2.05) is 0 Å². The minimum atomic E-state index is 0.705. The summed E-state index contributed by atoms with van der Waals surface area (Å²) in [6.45, 7) is 9.78. The number of nitrogens with one attached hydrogen (secondary N) is 1. The Morgan fingerprint density at radius 2 is 2.28 bits per heavy atom. The molecule has 2 nitrogen and oxygen atoms in total. The molecule has 1 heterocycles. The number of hydrogen-bond donors (Lipinski definition) is 1. The van der Waals surface area contributed by atoms with Crippen molar-refractivity contribution >= 4 is 0 Å². The van der Waals surface area contributed by atoms with Gasteiger partial charge in [-0.15, -0.1) is 0 Å². The van der Waals surface area contributed by atoms with Crippen LogP contribution in [-0.2, 0) is 0 Å². The van der Waals surface area contributed by atoms with Crippen LogP contribution in [0.4, 0.5) is 0 Å². The van der Waals surface area contributed by atoms with E-state index in [1.54, 1.807) is 0 Å². The van der Waals surface area contributed by atoms with E-state index >= 15 is 0 Å². The van der Waals surface area contributed by atoms with Crippen LogP contribution in [0, 0.1) is 11.8 Å². The summed E-state index contributed by atoms with van der Waals surface area (Å²) in [5, 5.41) is 3.74. The summed E-state index contributed by atoms with van der Waals surface area (Å²) < 4.78 is 0. The molecule has 1 aliphatic carbocycles. The number of hydrogen-bond acceptors (Lipinski definition) is 2. The van der Waals surface area contributed by atoms with E-state index in [1.165, 1.54) is 58.3 Å². The van der Waals surface area contributed by atoms with Crippen molar-refractivity contribution < 1.29 is 0 Å². The Balaban J connectivity index is 1.84. The van der Waals surface area contributed by atoms with Crippen molar-refractivity contribution in [3.05, 3.63) is 12.2 Å². The molecule has 0 amide bonds. The van der Waals surface area contributed by atoms with Gasteiger partial charge < -0.3 is 10.2 Å². The Hall–Kier alpha value is -0.340. The largest absolute Gasteiger partial charge is 0.312 e. The second-order valence-electron chi connectivity index (χ2n) is 6.21. The standard InChI is InChI=1S/C16H30N2/c1-3-14(2)16-13-18(11-7-10-17-16)12-15-8-5-4-6-9-15/h4-5,14-17H,3,6-13H2,1-2H3. The molecule has 0 aromatic rings. The third-order valence-corrected chi connectivity index (χ3v) is 4.74. The van der Waals surface area contributed by atoms with Gasteiger partial charge in [0.1, 0.15) is 0 Å². The molecule has 0 radical (unpaired) electrons. The first kappa shape index (κ1) is 14.1. The molecule has 0 spiro atoms. The lowest BCUT2D eigenvalue weighted by Crippen LogP contribution is -2.43. The first-order valence-electron chi connectivity index (χ1n) is 7.90. The van der Waals surface area contributed by atoms with Crippen LogP contribution in [0.15, 0.2) is 12.2 Å². The van der Waals surface area contributed by atoms with Crippen LogP contribution in [0.1, 0.15) is 46.0 Å². The van der Waals surface area contributed by atoms with Crippen molar-refractivity contribution in [2.24, 2.45) is 11.8 Å². The summed E-state index contributed by atoms with van der Waals surface area (Å²) in [4.78, 5) is 2.72. The summed E-state index contributed by atoms with van der Waals surface area (Å²) in [5.74, 6) is 1.71. The Labute approximate surface area is 113 Å². The molecule has 1 fully saturated rings. The van der Waals surface area contributed by atoms with Crippen LogP contribution in [0.25, 0.3) is 0 Å². The SMILES string of the molecule is CCC(C)C1CN(CC2CC=CCC2)CCCN1. The molecule has 1 aliphatic heterocycles. The van der Waals surface area contributed by atoms with Crippen LogP contribution >= 0.6 is 0 Å². The van der Waals surface area contributed by atoms with Crippen LogP contribution in [-0.4, -0.2) is 37.1 Å². The molecule has 2 aliphatic rings. The molecule has 0 aromatic carbocycles. The molecule has 3 unspecified atom stereocenters. The molecular weight excluding hydrogens is 220 g/mol. The summed E-state index contributed by atoms with van der Waals surface area (Å²) in [7, 11) is 0. The first-order chi connectivity index (χ1) is 8.79. The fourth-order valence-electron chi connectivity index (χ4n) is 3.24. The smallest absolute Gasteiger partial charge is 0.0220 e. The van der Waals surface area contributed by atoms with Gasteiger partial charge in [-0.3, -0.25) is 0 Å². The minimum absolute atomic E-state index is 0.705. The maximum atomic E-state index is 3.74. The zero-order chi connectivity index (χ0) is 12.8. The molecule has 0 bridgehead atoms. The van der Waals surface area contributed by atoms with Gasteiger partial charge in [0.05, 0.1) is 0 Å². The second-order valence-corrected chi connectivity index (χ2v) is 6.21. The fraction of sp³-hybridized carbons (Fsp3) is 0.875. The van der Waals surface area contributed by atoms with E-state index in [4.69, 9.17) is 0 Å². The Kier molecular flexibility index (Phi) is 5.71. The Bertz CT molecular complexity index is 262. The highest BCUT2D eigenvalue weighted by Crippen LogP contribution is 2.21. The molecule has 0 saturated carbocycles. The maximum absolute atomic E-state index is 3.74. The quantitative estimate of drug-likeness (QED) is 0.772. The molecule has 2 heteroatoms. The molecule has 104 valence electrons. The van der Waals surface area contributed by atoms with Gasteiger partial charge in [-0.05, 0) is 50.6 Å². The van der Waals surface area contributed by atoms with Gasteiger partial charge in [-0.1, -0.05) is 32.4 Å². The second kappa shape index (κ2) is 7.30. The van der Waals surface area contributed by atoms with E-state index in [-0.39, 0.29) is 0 Å². The third kappa shape index (κ3) is 4.10. The Morgan fingerprint density at radius 3 is 3.00 bits per heavy atom. The van der Waals surface area contributed by atoms with Gasteiger partial charge in [-0.2, -0.15) is 0 Å². The molecular formula is C16H30N2. The monoisotopic (exact) mass is 250 g/mol. The van der Waals surface area contributed by atoms with Gasteiger partial charge in [0, 0.05) is 19.1 Å². The lowest BCUT2D eigenvalue weighted by Gasteiger charge is -2.31. The summed E-state index contributed by atoms with van der Waals surface area (Å²) in [6, 6.07) is 0.705. The van der Waals surface area contributed by atoms with E-state index in [2.05, 4.69) is 36.2 Å². The highest BCUT2D eigenvalue weighted by molar-refractivity contribution is 4.91. The minimum Gasteiger partial charge on any atom is -0.312 e. The number of rotatable bonds is 4. The van der Waals surface area contributed by atoms with Crippen molar-refractivity contribution in [3.8, 4) is 0 Å². The van der Waals surface area contributed by atoms with Gasteiger partial charge in [0.15, 0.2) is 0 Å². The summed E-state index contributed by atoms with van der Waals surface area (Å²) in [5.41, 5.74) is 0. The highest BCUT2D eigenvalue weighted by atomic mass is 15.2. The van der Waals surface area contributed by atoms with E-state index < -0.39 is 0 Å². The number of nitrogens with zero attached hydrogens (tertiary/aromatic N) is 1. The molecule has 18 heavy (non-hydrogen) atoms. The molecule has 0 aromatic heterocycles. The van der Waals surface area contributed by atoms with E-state index in [0.29, 0.717) is 6.04 Å². The van der Waals surface area contributed by atoms with Crippen molar-refractivity contribution in [2.45, 2.75) is 52.0 Å². The predicted octanol–water partition coefficient (Wildman–Crippen LogP) is 3.05. The van der Waals surface area contributed by atoms with Crippen LogP contribution in [0.3, 0.4) is 0 Å². The molecule has 3 atom stereocenters. The third-order valence-electron chi connectivity index (χ3n) is 4.74. The van der Waals surface area contributed by atoms with Crippen LogP contribution in [0.5, 0.6) is 0 Å². The maximum Gasteiger partial charge on any atom is 0.0220 e. The average molecular weight is 250 g/mol. The lowest BCUT2D eigenvalue weighted by molar-refractivity contribution is 0.201. The first-order valence-corrected chi connectivity index (χ1v) is 7.90. The van der Waals surface area contributed by atoms with Gasteiger partial charge in [-0.25, -0.2) is 0 Å². The van der Waals surface area contributed by atoms with Gasteiger partial charge >= 0.3 is 0 Å². The van der Waals surface area contributed by atoms with Gasteiger partial charge in [0.25, 0.3) is 0 Å².